The average molecular weight is 357 g/mol. The van der Waals surface area contributed by atoms with Crippen LogP contribution in [0.2, 0.25) is 5.02 Å². The van der Waals surface area contributed by atoms with Crippen LogP contribution in [0.3, 0.4) is 0 Å². The zero-order valence-corrected chi connectivity index (χ0v) is 13.7. The van der Waals surface area contributed by atoms with Crippen LogP contribution in [0.4, 0.5) is 4.39 Å². The normalized spacial score (nSPS) is 12.4. The Balaban J connectivity index is 2.31. The molecule has 0 aromatic heterocycles. The van der Waals surface area contributed by atoms with Crippen molar-refractivity contribution < 1.29 is 4.39 Å². The number of benzene rings is 2. The number of hydrogen-bond acceptors (Lipinski definition) is 1. The maximum Gasteiger partial charge on any atom is 0.124 e. The van der Waals surface area contributed by atoms with Gasteiger partial charge >= 0.3 is 0 Å². The molecule has 0 amide bonds. The molecule has 0 bridgehead atoms. The first-order valence-corrected chi connectivity index (χ1v) is 7.55. The van der Waals surface area contributed by atoms with E-state index in [-0.39, 0.29) is 11.9 Å². The summed E-state index contributed by atoms with van der Waals surface area (Å²) in [6.07, 6.45) is 0.677. The Morgan fingerprint density at radius 3 is 2.70 bits per heavy atom. The summed E-state index contributed by atoms with van der Waals surface area (Å²) in [6, 6.07) is 11.0. The van der Waals surface area contributed by atoms with Crippen molar-refractivity contribution in [2.75, 3.05) is 7.05 Å². The number of halogens is 3. The van der Waals surface area contributed by atoms with E-state index in [1.165, 1.54) is 6.07 Å². The van der Waals surface area contributed by atoms with Gasteiger partial charge in [-0.3, -0.25) is 0 Å². The summed E-state index contributed by atoms with van der Waals surface area (Å²) in [5, 5.41) is 4.02. The van der Waals surface area contributed by atoms with Crippen molar-refractivity contribution in [2.24, 2.45) is 0 Å². The van der Waals surface area contributed by atoms with Crippen LogP contribution in [0, 0.1) is 12.7 Å². The summed E-state index contributed by atoms with van der Waals surface area (Å²) >= 11 is 9.69. The largest absolute Gasteiger partial charge is 0.313 e. The zero-order chi connectivity index (χ0) is 14.7. The Morgan fingerprint density at radius 1 is 1.30 bits per heavy atom. The van der Waals surface area contributed by atoms with Gasteiger partial charge in [-0.2, -0.15) is 0 Å². The second-order valence-electron chi connectivity index (χ2n) is 4.80. The van der Waals surface area contributed by atoms with Crippen LogP contribution in [0.25, 0.3) is 0 Å². The van der Waals surface area contributed by atoms with Gasteiger partial charge < -0.3 is 5.32 Å². The fourth-order valence-corrected chi connectivity index (χ4v) is 3.04. The van der Waals surface area contributed by atoms with Crippen LogP contribution in [-0.2, 0) is 6.42 Å². The molecule has 0 spiro atoms. The summed E-state index contributed by atoms with van der Waals surface area (Å²) in [6.45, 7) is 1.98. The predicted octanol–water partition coefficient (Wildman–Crippen LogP) is 5.05. The minimum Gasteiger partial charge on any atom is -0.313 e. The smallest absolute Gasteiger partial charge is 0.124 e. The molecule has 0 saturated heterocycles. The van der Waals surface area contributed by atoms with Crippen molar-refractivity contribution in [3.63, 3.8) is 0 Å². The van der Waals surface area contributed by atoms with Crippen LogP contribution in [0.5, 0.6) is 0 Å². The van der Waals surface area contributed by atoms with Crippen molar-refractivity contribution in [2.45, 2.75) is 19.4 Å². The van der Waals surface area contributed by atoms with Crippen molar-refractivity contribution >= 4 is 27.5 Å². The van der Waals surface area contributed by atoms with Crippen LogP contribution < -0.4 is 5.32 Å². The fourth-order valence-electron chi connectivity index (χ4n) is 2.27. The molecule has 20 heavy (non-hydrogen) atoms. The molecule has 0 heterocycles. The SMILES string of the molecule is CNC(Cc1cc(F)cc(Br)c1)c1cccc(C)c1Cl. The quantitative estimate of drug-likeness (QED) is 0.808. The monoisotopic (exact) mass is 355 g/mol. The first kappa shape index (κ1) is 15.5. The molecule has 1 N–H and O–H groups in total. The zero-order valence-electron chi connectivity index (χ0n) is 11.4. The third-order valence-electron chi connectivity index (χ3n) is 3.31. The Morgan fingerprint density at radius 2 is 2.05 bits per heavy atom. The molecule has 0 saturated carbocycles. The highest BCUT2D eigenvalue weighted by molar-refractivity contribution is 9.10. The molecule has 0 aliphatic rings. The summed E-state index contributed by atoms with van der Waals surface area (Å²) in [5.41, 5.74) is 3.01. The number of rotatable bonds is 4. The Bertz CT molecular complexity index is 595. The lowest BCUT2D eigenvalue weighted by Crippen LogP contribution is -2.19. The van der Waals surface area contributed by atoms with E-state index in [0.29, 0.717) is 6.42 Å². The molecule has 106 valence electrons. The van der Waals surface area contributed by atoms with E-state index in [1.807, 2.05) is 38.2 Å². The lowest BCUT2D eigenvalue weighted by Gasteiger charge is -2.19. The van der Waals surface area contributed by atoms with Crippen LogP contribution in [-0.4, -0.2) is 7.05 Å². The highest BCUT2D eigenvalue weighted by atomic mass is 79.9. The van der Waals surface area contributed by atoms with Gasteiger partial charge in [0.1, 0.15) is 5.82 Å². The minimum atomic E-state index is -0.237. The lowest BCUT2D eigenvalue weighted by atomic mass is 9.97. The molecule has 1 atom stereocenters. The van der Waals surface area contributed by atoms with Crippen LogP contribution in [0.15, 0.2) is 40.9 Å². The number of nitrogens with one attached hydrogen (secondary N) is 1. The highest BCUT2D eigenvalue weighted by Gasteiger charge is 2.15. The molecule has 0 radical (unpaired) electrons. The highest BCUT2D eigenvalue weighted by Crippen LogP contribution is 2.29. The van der Waals surface area contributed by atoms with Gasteiger partial charge in [-0.05, 0) is 55.3 Å². The Kier molecular flexibility index (Phi) is 5.19. The number of likely N-dealkylation sites (N-methyl/N-ethyl adjacent to an activating group) is 1. The van der Waals surface area contributed by atoms with E-state index >= 15 is 0 Å². The second kappa shape index (κ2) is 6.70. The average Bonchev–Trinajstić information content (AvgIpc) is 2.38. The molecule has 2 aromatic carbocycles. The molecular formula is C16H16BrClFN. The summed E-state index contributed by atoms with van der Waals surface area (Å²) < 4.78 is 14.2. The van der Waals surface area contributed by atoms with Gasteiger partial charge in [-0.1, -0.05) is 45.7 Å². The maximum atomic E-state index is 13.5. The van der Waals surface area contributed by atoms with Crippen molar-refractivity contribution in [1.29, 1.82) is 0 Å². The Hall–Kier alpha value is -0.900. The van der Waals surface area contributed by atoms with E-state index in [4.69, 9.17) is 11.6 Å². The molecule has 2 aromatic rings. The van der Waals surface area contributed by atoms with Crippen molar-refractivity contribution in [3.8, 4) is 0 Å². The maximum absolute atomic E-state index is 13.5. The summed E-state index contributed by atoms with van der Waals surface area (Å²) in [4.78, 5) is 0. The molecule has 0 fully saturated rings. The molecular weight excluding hydrogens is 341 g/mol. The standard InChI is InChI=1S/C16H16BrClFN/c1-10-4-3-5-14(16(10)18)15(20-2)8-11-6-12(17)9-13(19)7-11/h3-7,9,15,20H,8H2,1-2H3. The first-order valence-electron chi connectivity index (χ1n) is 6.38. The van der Waals surface area contributed by atoms with Gasteiger partial charge in [0.05, 0.1) is 0 Å². The van der Waals surface area contributed by atoms with E-state index in [0.717, 1.165) is 26.2 Å². The summed E-state index contributed by atoms with van der Waals surface area (Å²) in [5.74, 6) is -0.237. The van der Waals surface area contributed by atoms with E-state index in [1.54, 1.807) is 6.07 Å². The van der Waals surface area contributed by atoms with Gasteiger partial charge in [0.25, 0.3) is 0 Å². The van der Waals surface area contributed by atoms with E-state index in [9.17, 15) is 4.39 Å². The topological polar surface area (TPSA) is 12.0 Å². The minimum absolute atomic E-state index is 0.0519. The number of hydrogen-bond donors (Lipinski definition) is 1. The predicted molar refractivity (Wildman–Crippen MR) is 85.8 cm³/mol. The van der Waals surface area contributed by atoms with Crippen molar-refractivity contribution in [3.05, 3.63) is 68.4 Å². The molecule has 1 unspecified atom stereocenters. The van der Waals surface area contributed by atoms with Crippen molar-refractivity contribution in [1.82, 2.24) is 5.32 Å². The van der Waals surface area contributed by atoms with Gasteiger partial charge in [0, 0.05) is 15.5 Å². The third-order valence-corrected chi connectivity index (χ3v) is 4.28. The van der Waals surface area contributed by atoms with Gasteiger partial charge in [0.15, 0.2) is 0 Å². The van der Waals surface area contributed by atoms with Crippen LogP contribution in [0.1, 0.15) is 22.7 Å². The fraction of sp³-hybridized carbons (Fsp3) is 0.250. The van der Waals surface area contributed by atoms with E-state index in [2.05, 4.69) is 21.2 Å². The van der Waals surface area contributed by atoms with Gasteiger partial charge in [-0.15, -0.1) is 0 Å². The molecule has 2 rings (SSSR count). The van der Waals surface area contributed by atoms with Gasteiger partial charge in [0.2, 0.25) is 0 Å². The van der Waals surface area contributed by atoms with Gasteiger partial charge in [-0.25, -0.2) is 4.39 Å². The summed E-state index contributed by atoms with van der Waals surface area (Å²) in [7, 11) is 1.89. The molecule has 0 aliphatic heterocycles. The molecule has 4 heteroatoms. The Labute approximate surface area is 132 Å². The molecule has 1 nitrogen and oxygen atoms in total. The lowest BCUT2D eigenvalue weighted by molar-refractivity contribution is 0.583. The first-order chi connectivity index (χ1) is 9.51. The number of aryl methyl sites for hydroxylation is 1. The molecule has 0 aliphatic carbocycles. The third kappa shape index (κ3) is 3.60. The second-order valence-corrected chi connectivity index (χ2v) is 6.09. The van der Waals surface area contributed by atoms with Crippen LogP contribution >= 0.6 is 27.5 Å². The van der Waals surface area contributed by atoms with E-state index < -0.39 is 0 Å².